The van der Waals surface area contributed by atoms with Crippen molar-refractivity contribution in [2.45, 2.75) is 17.6 Å². The molecular weight excluding hydrogens is 380 g/mol. The Bertz CT molecular complexity index is 1130. The molecule has 0 fully saturated rings. The van der Waals surface area contributed by atoms with E-state index < -0.39 is 10.8 Å². The maximum atomic E-state index is 12.6. The largest absolute Gasteiger partial charge is 0.340 e. The molecule has 29 heavy (non-hydrogen) atoms. The van der Waals surface area contributed by atoms with Crippen molar-refractivity contribution in [3.05, 3.63) is 96.4 Å². The van der Waals surface area contributed by atoms with E-state index in [0.717, 1.165) is 27.4 Å². The number of rotatable bonds is 6. The van der Waals surface area contributed by atoms with Crippen LogP contribution in [0.2, 0.25) is 0 Å². The van der Waals surface area contributed by atoms with E-state index in [-0.39, 0.29) is 0 Å². The SMILES string of the molecule is Cc1cc(Nc2cccc(CS(=O)c3ccccc3)c2)nc(-c2cccnc2)n1. The van der Waals surface area contributed by atoms with Gasteiger partial charge in [0.15, 0.2) is 5.82 Å². The van der Waals surface area contributed by atoms with Gasteiger partial charge in [-0.25, -0.2) is 9.97 Å². The Morgan fingerprint density at radius 1 is 0.931 bits per heavy atom. The molecule has 0 bridgehead atoms. The first-order chi connectivity index (χ1) is 14.2. The second-order valence-electron chi connectivity index (χ2n) is 6.59. The summed E-state index contributed by atoms with van der Waals surface area (Å²) >= 11 is 0. The quantitative estimate of drug-likeness (QED) is 0.499. The molecule has 2 heterocycles. The van der Waals surface area contributed by atoms with Crippen LogP contribution in [0.3, 0.4) is 0 Å². The van der Waals surface area contributed by atoms with Gasteiger partial charge in [-0.2, -0.15) is 0 Å². The second-order valence-corrected chi connectivity index (χ2v) is 8.04. The summed E-state index contributed by atoms with van der Waals surface area (Å²) < 4.78 is 12.6. The van der Waals surface area contributed by atoms with Crippen LogP contribution in [-0.2, 0) is 16.6 Å². The topological polar surface area (TPSA) is 67.8 Å². The average molecular weight is 401 g/mol. The summed E-state index contributed by atoms with van der Waals surface area (Å²) in [4.78, 5) is 14.1. The number of benzene rings is 2. The number of pyridine rings is 1. The maximum Gasteiger partial charge on any atom is 0.163 e. The van der Waals surface area contributed by atoms with Crippen LogP contribution in [0, 0.1) is 6.92 Å². The van der Waals surface area contributed by atoms with Gasteiger partial charge in [-0.3, -0.25) is 9.19 Å². The highest BCUT2D eigenvalue weighted by molar-refractivity contribution is 7.84. The third-order valence-electron chi connectivity index (χ3n) is 4.28. The van der Waals surface area contributed by atoms with E-state index in [1.807, 2.05) is 79.7 Å². The van der Waals surface area contributed by atoms with Crippen molar-refractivity contribution in [1.82, 2.24) is 15.0 Å². The van der Waals surface area contributed by atoms with E-state index in [0.29, 0.717) is 17.4 Å². The molecule has 4 rings (SSSR count). The second kappa shape index (κ2) is 8.75. The molecule has 2 aromatic carbocycles. The number of anilines is 2. The van der Waals surface area contributed by atoms with Crippen LogP contribution >= 0.6 is 0 Å². The summed E-state index contributed by atoms with van der Waals surface area (Å²) in [6, 6.07) is 23.1. The van der Waals surface area contributed by atoms with Crippen molar-refractivity contribution in [2.75, 3.05) is 5.32 Å². The van der Waals surface area contributed by atoms with E-state index in [1.54, 1.807) is 12.4 Å². The molecule has 0 amide bonds. The lowest BCUT2D eigenvalue weighted by Gasteiger charge is -2.10. The Kier molecular flexibility index (Phi) is 5.72. The molecule has 2 aromatic heterocycles. The average Bonchev–Trinajstić information content (AvgIpc) is 2.75. The highest BCUT2D eigenvalue weighted by Crippen LogP contribution is 2.22. The fourth-order valence-corrected chi connectivity index (χ4v) is 4.06. The number of aromatic nitrogens is 3. The number of nitrogens with zero attached hydrogens (tertiary/aromatic N) is 3. The normalized spacial score (nSPS) is 11.8. The van der Waals surface area contributed by atoms with Crippen LogP contribution in [0.15, 0.2) is 90.1 Å². The van der Waals surface area contributed by atoms with Crippen molar-refractivity contribution in [2.24, 2.45) is 0 Å². The zero-order chi connectivity index (χ0) is 20.1. The molecule has 0 saturated carbocycles. The zero-order valence-corrected chi connectivity index (χ0v) is 16.8. The zero-order valence-electron chi connectivity index (χ0n) is 15.9. The van der Waals surface area contributed by atoms with Crippen molar-refractivity contribution in [1.29, 1.82) is 0 Å². The lowest BCUT2D eigenvalue weighted by atomic mass is 10.2. The highest BCUT2D eigenvalue weighted by atomic mass is 32.2. The summed E-state index contributed by atoms with van der Waals surface area (Å²) in [6.07, 6.45) is 3.47. The van der Waals surface area contributed by atoms with Gasteiger partial charge >= 0.3 is 0 Å². The van der Waals surface area contributed by atoms with Gasteiger partial charge in [0.1, 0.15) is 5.82 Å². The van der Waals surface area contributed by atoms with Crippen LogP contribution in [0.1, 0.15) is 11.3 Å². The number of hydrogen-bond donors (Lipinski definition) is 1. The third kappa shape index (κ3) is 4.92. The lowest BCUT2D eigenvalue weighted by Crippen LogP contribution is -2.01. The number of nitrogens with one attached hydrogen (secondary N) is 1. The molecule has 1 atom stereocenters. The van der Waals surface area contributed by atoms with Gasteiger partial charge in [-0.15, -0.1) is 0 Å². The molecule has 0 saturated heterocycles. The minimum atomic E-state index is -1.08. The van der Waals surface area contributed by atoms with Gasteiger partial charge in [0.25, 0.3) is 0 Å². The van der Waals surface area contributed by atoms with Gasteiger partial charge < -0.3 is 5.32 Å². The predicted octanol–water partition coefficient (Wildman–Crippen LogP) is 4.90. The summed E-state index contributed by atoms with van der Waals surface area (Å²) in [7, 11) is -1.08. The first kappa shape index (κ1) is 19.0. The predicted molar refractivity (Wildman–Crippen MR) is 116 cm³/mol. The molecule has 6 heteroatoms. The monoisotopic (exact) mass is 400 g/mol. The Morgan fingerprint density at radius 3 is 2.59 bits per heavy atom. The maximum absolute atomic E-state index is 12.6. The Labute approximate surface area is 172 Å². The number of hydrogen-bond acceptors (Lipinski definition) is 5. The summed E-state index contributed by atoms with van der Waals surface area (Å²) in [5, 5.41) is 3.34. The van der Waals surface area contributed by atoms with Crippen LogP contribution < -0.4 is 5.32 Å². The van der Waals surface area contributed by atoms with Crippen molar-refractivity contribution < 1.29 is 4.21 Å². The Balaban J connectivity index is 1.54. The first-order valence-corrected chi connectivity index (χ1v) is 10.5. The fraction of sp³-hybridized carbons (Fsp3) is 0.0870. The molecule has 5 nitrogen and oxygen atoms in total. The molecule has 0 aliphatic rings. The van der Waals surface area contributed by atoms with Crippen LogP contribution in [0.4, 0.5) is 11.5 Å². The van der Waals surface area contributed by atoms with E-state index in [9.17, 15) is 4.21 Å². The fourth-order valence-electron chi connectivity index (χ4n) is 2.95. The van der Waals surface area contributed by atoms with Gasteiger partial charge in [-0.1, -0.05) is 30.3 Å². The Hall–Kier alpha value is -3.38. The molecule has 4 aromatic rings. The molecule has 0 radical (unpaired) electrons. The van der Waals surface area contributed by atoms with Crippen LogP contribution in [-0.4, -0.2) is 19.2 Å². The van der Waals surface area contributed by atoms with Gasteiger partial charge in [-0.05, 0) is 48.9 Å². The highest BCUT2D eigenvalue weighted by Gasteiger charge is 2.08. The molecule has 1 unspecified atom stereocenters. The minimum absolute atomic E-state index is 0.462. The standard InChI is InChI=1S/C23H20N4OS/c1-17-13-22(27-23(25-17)19-8-6-12-24-15-19)26-20-9-5-7-18(14-20)16-29(28)21-10-3-2-4-11-21/h2-15H,16H2,1H3,(H,25,26,27). The van der Waals surface area contributed by atoms with E-state index >= 15 is 0 Å². The molecule has 0 spiro atoms. The first-order valence-electron chi connectivity index (χ1n) is 9.23. The van der Waals surface area contributed by atoms with Gasteiger partial charge in [0.05, 0.1) is 16.6 Å². The smallest absolute Gasteiger partial charge is 0.163 e. The molecule has 1 N–H and O–H groups in total. The molecular formula is C23H20N4OS. The van der Waals surface area contributed by atoms with Crippen molar-refractivity contribution in [3.8, 4) is 11.4 Å². The van der Waals surface area contributed by atoms with Crippen molar-refractivity contribution >= 4 is 22.3 Å². The molecule has 0 aliphatic heterocycles. The van der Waals surface area contributed by atoms with Crippen molar-refractivity contribution in [3.63, 3.8) is 0 Å². The summed E-state index contributed by atoms with van der Waals surface area (Å²) in [5.74, 6) is 1.79. The van der Waals surface area contributed by atoms with Crippen LogP contribution in [0.25, 0.3) is 11.4 Å². The lowest BCUT2D eigenvalue weighted by molar-refractivity contribution is 0.682. The van der Waals surface area contributed by atoms with Crippen LogP contribution in [0.5, 0.6) is 0 Å². The van der Waals surface area contributed by atoms with Gasteiger partial charge in [0, 0.05) is 40.3 Å². The summed E-state index contributed by atoms with van der Waals surface area (Å²) in [6.45, 7) is 1.94. The van der Waals surface area contributed by atoms with E-state index in [1.165, 1.54) is 0 Å². The van der Waals surface area contributed by atoms with E-state index in [2.05, 4.69) is 20.3 Å². The summed E-state index contributed by atoms with van der Waals surface area (Å²) in [5.41, 5.74) is 3.62. The molecule has 0 aliphatic carbocycles. The number of aryl methyl sites for hydroxylation is 1. The van der Waals surface area contributed by atoms with E-state index in [4.69, 9.17) is 0 Å². The minimum Gasteiger partial charge on any atom is -0.340 e. The third-order valence-corrected chi connectivity index (χ3v) is 5.67. The van der Waals surface area contributed by atoms with Gasteiger partial charge in [0.2, 0.25) is 0 Å². The Morgan fingerprint density at radius 2 is 1.79 bits per heavy atom. The molecule has 144 valence electrons.